The van der Waals surface area contributed by atoms with E-state index in [4.69, 9.17) is 9.47 Å². The number of nitrogens with one attached hydrogen (secondary N) is 1. The van der Waals surface area contributed by atoms with E-state index in [9.17, 15) is 14.9 Å². The normalized spacial score (nSPS) is 16.3. The lowest BCUT2D eigenvalue weighted by molar-refractivity contribution is -0.436. The minimum absolute atomic E-state index is 0.246. The van der Waals surface area contributed by atoms with Gasteiger partial charge in [0.1, 0.15) is 5.75 Å². The van der Waals surface area contributed by atoms with Crippen LogP contribution in [0.3, 0.4) is 0 Å². The summed E-state index contributed by atoms with van der Waals surface area (Å²) >= 11 is 0. The van der Waals surface area contributed by atoms with Crippen LogP contribution in [-0.4, -0.2) is 18.0 Å². The van der Waals surface area contributed by atoms with Crippen molar-refractivity contribution in [3.8, 4) is 5.75 Å². The number of esters is 1. The molecule has 24 heavy (non-hydrogen) atoms. The van der Waals surface area contributed by atoms with Crippen LogP contribution >= 0.6 is 0 Å². The predicted octanol–water partition coefficient (Wildman–Crippen LogP) is 3.14. The van der Waals surface area contributed by atoms with E-state index in [-0.39, 0.29) is 5.70 Å². The summed E-state index contributed by atoms with van der Waals surface area (Å²) in [6.07, 6.45) is 0.205. The van der Waals surface area contributed by atoms with Crippen molar-refractivity contribution in [3.05, 3.63) is 81.7 Å². The van der Waals surface area contributed by atoms with E-state index in [2.05, 4.69) is 5.32 Å². The number of nitro groups is 1. The van der Waals surface area contributed by atoms with Crippen molar-refractivity contribution in [2.24, 2.45) is 0 Å². The van der Waals surface area contributed by atoms with Crippen LogP contribution in [0, 0.1) is 10.1 Å². The number of fused-ring (bicyclic) bond motifs is 1. The second-order valence-electron chi connectivity index (χ2n) is 5.07. The molecule has 7 nitrogen and oxygen atoms in total. The van der Waals surface area contributed by atoms with Crippen LogP contribution in [0.5, 0.6) is 5.75 Å². The van der Waals surface area contributed by atoms with E-state index in [1.807, 2.05) is 0 Å². The molecule has 2 aromatic rings. The monoisotopic (exact) mass is 326 g/mol. The fourth-order valence-corrected chi connectivity index (χ4v) is 2.43. The van der Waals surface area contributed by atoms with Crippen molar-refractivity contribution in [1.82, 2.24) is 0 Å². The highest BCUT2D eigenvalue weighted by molar-refractivity contribution is 5.94. The van der Waals surface area contributed by atoms with Crippen LogP contribution in [0.15, 0.2) is 60.4 Å². The summed E-state index contributed by atoms with van der Waals surface area (Å²) < 4.78 is 10.2. The highest BCUT2D eigenvalue weighted by Gasteiger charge is 2.39. The van der Waals surface area contributed by atoms with Crippen molar-refractivity contribution in [1.29, 1.82) is 0 Å². The molecule has 0 radical (unpaired) electrons. The summed E-state index contributed by atoms with van der Waals surface area (Å²) in [4.78, 5) is 22.7. The average molecular weight is 326 g/mol. The van der Waals surface area contributed by atoms with Crippen LogP contribution in [0.4, 0.5) is 5.69 Å². The molecule has 1 unspecified atom stereocenters. The maximum absolute atomic E-state index is 11.8. The number of anilines is 1. The number of benzene rings is 2. The van der Waals surface area contributed by atoms with E-state index in [0.717, 1.165) is 0 Å². The van der Waals surface area contributed by atoms with Gasteiger partial charge >= 0.3 is 11.7 Å². The molecule has 0 saturated heterocycles. The Morgan fingerprint density at radius 1 is 1.25 bits per heavy atom. The molecule has 0 amide bonds. The van der Waals surface area contributed by atoms with E-state index < -0.39 is 17.0 Å². The largest absolute Gasteiger partial charge is 0.497 e. The van der Waals surface area contributed by atoms with Gasteiger partial charge in [-0.05, 0) is 30.3 Å². The van der Waals surface area contributed by atoms with Crippen LogP contribution < -0.4 is 10.1 Å². The highest BCUT2D eigenvalue weighted by Crippen LogP contribution is 2.35. The van der Waals surface area contributed by atoms with E-state index >= 15 is 0 Å². The van der Waals surface area contributed by atoms with Crippen molar-refractivity contribution >= 4 is 11.7 Å². The number of nitrogens with zero attached hydrogens (tertiary/aromatic N) is 1. The highest BCUT2D eigenvalue weighted by atomic mass is 16.6. The van der Waals surface area contributed by atoms with Crippen LogP contribution in [0.25, 0.3) is 0 Å². The minimum Gasteiger partial charge on any atom is -0.497 e. The molecule has 1 heterocycles. The van der Waals surface area contributed by atoms with E-state index in [1.54, 1.807) is 55.6 Å². The van der Waals surface area contributed by atoms with Gasteiger partial charge < -0.3 is 14.8 Å². The van der Waals surface area contributed by atoms with Gasteiger partial charge in [0.25, 0.3) is 0 Å². The topological polar surface area (TPSA) is 90.7 Å². The van der Waals surface area contributed by atoms with Gasteiger partial charge in [-0.25, -0.2) is 4.79 Å². The van der Waals surface area contributed by atoms with Gasteiger partial charge in [-0.3, -0.25) is 10.1 Å². The van der Waals surface area contributed by atoms with Crippen LogP contribution in [0.2, 0.25) is 0 Å². The quantitative estimate of drug-likeness (QED) is 0.516. The fourth-order valence-electron chi connectivity index (χ4n) is 2.43. The third kappa shape index (κ3) is 2.91. The average Bonchev–Trinajstić information content (AvgIpc) is 2.93. The Hall–Kier alpha value is -3.35. The summed E-state index contributed by atoms with van der Waals surface area (Å²) in [5, 5.41) is 14.3. The molecule has 0 fully saturated rings. The molecule has 1 aliphatic heterocycles. The first-order valence-electron chi connectivity index (χ1n) is 7.15. The first-order valence-corrected chi connectivity index (χ1v) is 7.15. The fraction of sp³-hybridized carbons (Fsp3) is 0.118. The molecule has 122 valence electrons. The van der Waals surface area contributed by atoms with Crippen molar-refractivity contribution < 1.29 is 19.2 Å². The lowest BCUT2D eigenvalue weighted by atomic mass is 10.0. The first kappa shape index (κ1) is 15.5. The molecule has 7 heteroatoms. The Kier molecular flexibility index (Phi) is 4.15. The number of methoxy groups -OCH3 is 1. The smallest absolute Gasteiger partial charge is 0.339 e. The minimum atomic E-state index is -1.03. The SMILES string of the molecule is COc1ccc(N/C=C(\C2OC(=O)c3ccccc32)[N+](=O)[O-])cc1. The third-order valence-corrected chi connectivity index (χ3v) is 3.64. The van der Waals surface area contributed by atoms with Gasteiger partial charge in [0.2, 0.25) is 6.10 Å². The zero-order chi connectivity index (χ0) is 17.1. The molecular formula is C17H14N2O5. The van der Waals surface area contributed by atoms with Gasteiger partial charge in [-0.1, -0.05) is 18.2 Å². The number of rotatable bonds is 5. The molecular weight excluding hydrogens is 312 g/mol. The summed E-state index contributed by atoms with van der Waals surface area (Å²) in [6.45, 7) is 0. The van der Waals surface area contributed by atoms with Gasteiger partial charge in [0, 0.05) is 11.3 Å². The molecule has 0 saturated carbocycles. The standard InChI is InChI=1S/C17H14N2O5/c1-23-12-8-6-11(7-9-12)18-10-15(19(21)22)16-13-4-2-3-5-14(13)17(20)24-16/h2-10,16,18H,1H3/b15-10+. The van der Waals surface area contributed by atoms with Gasteiger partial charge in [0.05, 0.1) is 23.8 Å². The second-order valence-corrected chi connectivity index (χ2v) is 5.07. The van der Waals surface area contributed by atoms with Crippen LogP contribution in [-0.2, 0) is 4.74 Å². The summed E-state index contributed by atoms with van der Waals surface area (Å²) in [6, 6.07) is 13.5. The Morgan fingerprint density at radius 3 is 2.62 bits per heavy atom. The molecule has 2 aromatic carbocycles. The summed E-state index contributed by atoms with van der Waals surface area (Å²) in [7, 11) is 1.55. The van der Waals surface area contributed by atoms with Crippen molar-refractivity contribution in [3.63, 3.8) is 0 Å². The Labute approximate surface area is 137 Å². The molecule has 0 aliphatic carbocycles. The summed E-state index contributed by atoms with van der Waals surface area (Å²) in [5.41, 5.74) is 1.23. The van der Waals surface area contributed by atoms with Crippen molar-refractivity contribution in [2.75, 3.05) is 12.4 Å². The predicted molar refractivity (Wildman–Crippen MR) is 86.3 cm³/mol. The number of ether oxygens (including phenoxy) is 2. The van der Waals surface area contributed by atoms with Gasteiger partial charge in [0.15, 0.2) is 0 Å². The van der Waals surface area contributed by atoms with Crippen molar-refractivity contribution in [2.45, 2.75) is 6.10 Å². The van der Waals surface area contributed by atoms with Crippen LogP contribution in [0.1, 0.15) is 22.0 Å². The number of carbonyl (C=O) groups excluding carboxylic acids is 1. The second kappa shape index (κ2) is 6.41. The maximum atomic E-state index is 11.8. The molecule has 3 rings (SSSR count). The molecule has 0 aromatic heterocycles. The Balaban J connectivity index is 1.87. The zero-order valence-corrected chi connectivity index (χ0v) is 12.8. The number of cyclic esters (lactones) is 1. The van der Waals surface area contributed by atoms with E-state index in [0.29, 0.717) is 22.6 Å². The number of carbonyl (C=O) groups is 1. The molecule has 0 bridgehead atoms. The lowest BCUT2D eigenvalue weighted by Gasteiger charge is -2.09. The summed E-state index contributed by atoms with van der Waals surface area (Å²) in [5.74, 6) is 0.116. The first-order chi connectivity index (χ1) is 11.6. The molecule has 1 N–H and O–H groups in total. The van der Waals surface area contributed by atoms with Gasteiger partial charge in [-0.15, -0.1) is 0 Å². The third-order valence-electron chi connectivity index (χ3n) is 3.64. The Bertz CT molecular complexity index is 814. The van der Waals surface area contributed by atoms with Gasteiger partial charge in [-0.2, -0.15) is 0 Å². The molecule has 0 spiro atoms. The van der Waals surface area contributed by atoms with E-state index in [1.165, 1.54) is 6.20 Å². The molecule has 1 aliphatic rings. The zero-order valence-electron chi connectivity index (χ0n) is 12.8. The Morgan fingerprint density at radius 2 is 1.96 bits per heavy atom. The lowest BCUT2D eigenvalue weighted by Crippen LogP contribution is -2.12. The number of hydrogen-bond acceptors (Lipinski definition) is 6. The maximum Gasteiger partial charge on any atom is 0.339 e. The molecule has 1 atom stereocenters. The number of hydrogen-bond donors (Lipinski definition) is 1.